The largest absolute Gasteiger partial charge is 0.459 e. The SMILES string of the molecule is CC(C)(C)OC(=O)CNCC(O)CNC(=O)[C@H](CCN)NC(=O)OC(C)(C)C. The molecule has 0 spiro atoms. The quantitative estimate of drug-likeness (QED) is 0.309. The van der Waals surface area contributed by atoms with Gasteiger partial charge < -0.3 is 36.3 Å². The maximum Gasteiger partial charge on any atom is 0.408 e. The first kappa shape index (κ1) is 26.1. The van der Waals surface area contributed by atoms with Gasteiger partial charge in [0.15, 0.2) is 0 Å². The molecule has 164 valence electrons. The number of hydrogen-bond acceptors (Lipinski definition) is 8. The third kappa shape index (κ3) is 14.2. The molecule has 10 heteroatoms. The van der Waals surface area contributed by atoms with Gasteiger partial charge in [-0.15, -0.1) is 0 Å². The summed E-state index contributed by atoms with van der Waals surface area (Å²) in [6.07, 6.45) is -1.43. The van der Waals surface area contributed by atoms with Crippen LogP contribution in [0.15, 0.2) is 0 Å². The van der Waals surface area contributed by atoms with Gasteiger partial charge in [-0.25, -0.2) is 4.79 Å². The third-order valence-corrected chi connectivity index (χ3v) is 3.04. The summed E-state index contributed by atoms with van der Waals surface area (Å²) in [5.41, 5.74) is 4.22. The highest BCUT2D eigenvalue weighted by Gasteiger charge is 2.24. The fourth-order valence-electron chi connectivity index (χ4n) is 2.02. The number of carbonyl (C=O) groups excluding carboxylic acids is 3. The van der Waals surface area contributed by atoms with Crippen LogP contribution in [0.4, 0.5) is 4.79 Å². The smallest absolute Gasteiger partial charge is 0.408 e. The number of aliphatic hydroxyl groups is 1. The number of rotatable bonds is 10. The second-order valence-electron chi connectivity index (χ2n) is 8.39. The van der Waals surface area contributed by atoms with Crippen LogP contribution in [-0.4, -0.2) is 72.6 Å². The van der Waals surface area contributed by atoms with E-state index >= 15 is 0 Å². The minimum Gasteiger partial charge on any atom is -0.459 e. The molecule has 0 aliphatic rings. The zero-order chi connectivity index (χ0) is 22.0. The van der Waals surface area contributed by atoms with Crippen LogP contribution >= 0.6 is 0 Å². The summed E-state index contributed by atoms with van der Waals surface area (Å²) in [6, 6.07) is -0.873. The Kier molecular flexibility index (Phi) is 11.0. The number of alkyl carbamates (subject to hydrolysis) is 1. The van der Waals surface area contributed by atoms with E-state index in [1.165, 1.54) is 0 Å². The van der Waals surface area contributed by atoms with Gasteiger partial charge in [-0.05, 0) is 54.5 Å². The Bertz CT molecular complexity index is 513. The molecule has 0 fully saturated rings. The number of esters is 1. The zero-order valence-electron chi connectivity index (χ0n) is 17.8. The van der Waals surface area contributed by atoms with Crippen LogP contribution in [0.2, 0.25) is 0 Å². The van der Waals surface area contributed by atoms with Crippen LogP contribution in [0.5, 0.6) is 0 Å². The first-order valence-corrected chi connectivity index (χ1v) is 9.31. The van der Waals surface area contributed by atoms with Crippen LogP contribution in [0, 0.1) is 0 Å². The second-order valence-corrected chi connectivity index (χ2v) is 8.39. The third-order valence-electron chi connectivity index (χ3n) is 3.04. The molecular formula is C18H36N4O6. The fraction of sp³-hybridized carbons (Fsp3) is 0.833. The number of aliphatic hydroxyl groups excluding tert-OH is 1. The summed E-state index contributed by atoms with van der Waals surface area (Å²) in [5.74, 6) is -0.921. The van der Waals surface area contributed by atoms with Gasteiger partial charge >= 0.3 is 12.1 Å². The van der Waals surface area contributed by atoms with Gasteiger partial charge in [-0.3, -0.25) is 9.59 Å². The van der Waals surface area contributed by atoms with Gasteiger partial charge in [0.05, 0.1) is 12.6 Å². The monoisotopic (exact) mass is 404 g/mol. The highest BCUT2D eigenvalue weighted by Crippen LogP contribution is 2.07. The zero-order valence-corrected chi connectivity index (χ0v) is 17.8. The van der Waals surface area contributed by atoms with Crippen molar-refractivity contribution in [3.63, 3.8) is 0 Å². The van der Waals surface area contributed by atoms with Crippen LogP contribution < -0.4 is 21.7 Å². The molecule has 2 atom stereocenters. The van der Waals surface area contributed by atoms with E-state index in [1.54, 1.807) is 41.5 Å². The lowest BCUT2D eigenvalue weighted by Crippen LogP contribution is -2.51. The van der Waals surface area contributed by atoms with Crippen molar-refractivity contribution in [3.8, 4) is 0 Å². The molecule has 0 aliphatic carbocycles. The van der Waals surface area contributed by atoms with E-state index in [-0.39, 0.29) is 32.6 Å². The van der Waals surface area contributed by atoms with Crippen molar-refractivity contribution < 1.29 is 29.0 Å². The van der Waals surface area contributed by atoms with Crippen molar-refractivity contribution in [2.75, 3.05) is 26.2 Å². The number of nitrogens with two attached hydrogens (primary N) is 1. The summed E-state index contributed by atoms with van der Waals surface area (Å²) < 4.78 is 10.3. The van der Waals surface area contributed by atoms with Crippen LogP contribution in [-0.2, 0) is 19.1 Å². The molecule has 0 saturated carbocycles. The number of carbonyl (C=O) groups is 3. The van der Waals surface area contributed by atoms with E-state index in [0.717, 1.165) is 0 Å². The summed E-state index contributed by atoms with van der Waals surface area (Å²) in [4.78, 5) is 35.6. The molecule has 0 aromatic carbocycles. The summed E-state index contributed by atoms with van der Waals surface area (Å²) in [5, 5.41) is 17.7. The molecule has 28 heavy (non-hydrogen) atoms. The van der Waals surface area contributed by atoms with Crippen LogP contribution in [0.1, 0.15) is 48.0 Å². The van der Waals surface area contributed by atoms with Gasteiger partial charge in [0, 0.05) is 13.1 Å². The van der Waals surface area contributed by atoms with Crippen molar-refractivity contribution in [1.82, 2.24) is 16.0 Å². The number of amides is 2. The van der Waals surface area contributed by atoms with Gasteiger partial charge in [0.2, 0.25) is 5.91 Å². The highest BCUT2D eigenvalue weighted by atomic mass is 16.6. The van der Waals surface area contributed by atoms with E-state index < -0.39 is 41.3 Å². The second kappa shape index (κ2) is 11.8. The van der Waals surface area contributed by atoms with Crippen LogP contribution in [0.25, 0.3) is 0 Å². The molecule has 0 aromatic heterocycles. The molecule has 0 heterocycles. The molecule has 0 aliphatic heterocycles. The predicted molar refractivity (Wildman–Crippen MR) is 105 cm³/mol. The van der Waals surface area contributed by atoms with Gasteiger partial charge in [0.1, 0.15) is 17.2 Å². The molecule has 0 rings (SSSR count). The maximum atomic E-state index is 12.2. The summed E-state index contributed by atoms with van der Waals surface area (Å²) in [7, 11) is 0. The molecular weight excluding hydrogens is 368 g/mol. The first-order chi connectivity index (χ1) is 12.7. The number of ether oxygens (including phenoxy) is 2. The van der Waals surface area contributed by atoms with Gasteiger partial charge in [-0.2, -0.15) is 0 Å². The average molecular weight is 405 g/mol. The van der Waals surface area contributed by atoms with Crippen LogP contribution in [0.3, 0.4) is 0 Å². The average Bonchev–Trinajstić information content (AvgIpc) is 2.48. The molecule has 0 saturated heterocycles. The van der Waals surface area contributed by atoms with Gasteiger partial charge in [-0.1, -0.05) is 0 Å². The van der Waals surface area contributed by atoms with Crippen molar-refractivity contribution >= 4 is 18.0 Å². The van der Waals surface area contributed by atoms with E-state index in [4.69, 9.17) is 15.2 Å². The topological polar surface area (TPSA) is 152 Å². The Labute approximate surface area is 166 Å². The lowest BCUT2D eigenvalue weighted by molar-refractivity contribution is -0.153. The fourth-order valence-corrected chi connectivity index (χ4v) is 2.02. The van der Waals surface area contributed by atoms with E-state index in [1.807, 2.05) is 0 Å². The molecule has 1 unspecified atom stereocenters. The molecule has 10 nitrogen and oxygen atoms in total. The Hall–Kier alpha value is -1.91. The minimum absolute atomic E-state index is 0.0573. The van der Waals surface area contributed by atoms with Crippen molar-refractivity contribution in [1.29, 1.82) is 0 Å². The Morgan fingerprint density at radius 3 is 2.07 bits per heavy atom. The highest BCUT2D eigenvalue weighted by molar-refractivity contribution is 5.85. The lowest BCUT2D eigenvalue weighted by Gasteiger charge is -2.23. The standard InChI is InChI=1S/C18H36N4O6/c1-17(2,3)27-14(24)11-20-9-12(23)10-21-15(25)13(7-8-19)22-16(26)28-18(4,5)6/h12-13,20,23H,7-11,19H2,1-6H3,(H,21,25)(H,22,26)/t12?,13-/m0/s1. The number of nitrogens with one attached hydrogen (secondary N) is 3. The van der Waals surface area contributed by atoms with Crippen molar-refractivity contribution in [2.24, 2.45) is 5.73 Å². The molecule has 0 aromatic rings. The summed E-state index contributed by atoms with van der Waals surface area (Å²) >= 11 is 0. The maximum absolute atomic E-state index is 12.2. The van der Waals surface area contributed by atoms with E-state index in [9.17, 15) is 19.5 Å². The molecule has 0 bridgehead atoms. The lowest BCUT2D eigenvalue weighted by atomic mass is 10.2. The van der Waals surface area contributed by atoms with Crippen molar-refractivity contribution in [3.05, 3.63) is 0 Å². The molecule has 2 amide bonds. The van der Waals surface area contributed by atoms with Crippen molar-refractivity contribution in [2.45, 2.75) is 71.3 Å². The Balaban J connectivity index is 4.31. The minimum atomic E-state index is -0.925. The predicted octanol–water partition coefficient (Wildman–Crippen LogP) is -0.363. The normalized spacial score (nSPS) is 14.0. The Morgan fingerprint density at radius 2 is 1.57 bits per heavy atom. The number of hydrogen-bond donors (Lipinski definition) is 5. The summed E-state index contributed by atoms with van der Waals surface area (Å²) in [6.45, 7) is 10.6. The molecule has 0 radical (unpaired) electrons. The van der Waals surface area contributed by atoms with E-state index in [0.29, 0.717) is 0 Å². The first-order valence-electron chi connectivity index (χ1n) is 9.31. The van der Waals surface area contributed by atoms with E-state index in [2.05, 4.69) is 16.0 Å². The Morgan fingerprint density at radius 1 is 1.00 bits per heavy atom. The van der Waals surface area contributed by atoms with Gasteiger partial charge in [0.25, 0.3) is 0 Å². The molecule has 6 N–H and O–H groups in total.